The minimum absolute atomic E-state index is 0.0308. The predicted molar refractivity (Wildman–Crippen MR) is 205 cm³/mol. The molecular weight excluding hydrogens is 653 g/mol. The topological polar surface area (TPSA) is 63.2 Å². The summed E-state index contributed by atoms with van der Waals surface area (Å²) in [5.41, 5.74) is 0.188. The quantitative estimate of drug-likeness (QED) is 0.147. The summed E-state index contributed by atoms with van der Waals surface area (Å²) in [5.74, 6) is 2.76. The molecule has 8 unspecified atom stereocenters. The summed E-state index contributed by atoms with van der Waals surface area (Å²) in [6.07, 6.45) is 9.05. The molecule has 0 aromatic rings. The van der Waals surface area contributed by atoms with Gasteiger partial charge in [0.1, 0.15) is 0 Å². The molecule has 0 aliphatic heterocycles. The van der Waals surface area contributed by atoms with E-state index in [9.17, 15) is 4.79 Å². The van der Waals surface area contributed by atoms with E-state index in [2.05, 4.69) is 99.3 Å². The smallest absolute Gasteiger partial charge is 0.305 e. The first-order chi connectivity index (χ1) is 21.3. The van der Waals surface area contributed by atoms with Gasteiger partial charge in [0.15, 0.2) is 33.3 Å². The number of methoxy groups -OCH3 is 1. The van der Waals surface area contributed by atoms with Gasteiger partial charge in [-0.15, -0.1) is 0 Å². The Balaban J connectivity index is 1.85. The summed E-state index contributed by atoms with van der Waals surface area (Å²) in [7, 11) is -5.87. The molecule has 0 bridgehead atoms. The molecule has 4 aliphatic rings. The van der Waals surface area contributed by atoms with Crippen LogP contribution < -0.4 is 0 Å². The number of carbonyl (C=O) groups excluding carboxylic acids is 1. The van der Waals surface area contributed by atoms with E-state index < -0.39 is 33.3 Å². The number of esters is 1. The largest absolute Gasteiger partial charge is 0.469 e. The van der Waals surface area contributed by atoms with Crippen LogP contribution in [0.4, 0.5) is 0 Å². The summed E-state index contributed by atoms with van der Waals surface area (Å²) in [6.45, 7) is 36.0. The van der Waals surface area contributed by atoms with Crippen LogP contribution in [0.3, 0.4) is 0 Å². The van der Waals surface area contributed by atoms with Crippen LogP contribution in [0, 0.1) is 46.3 Å². The lowest BCUT2D eigenvalue weighted by Crippen LogP contribution is -2.70. The van der Waals surface area contributed by atoms with E-state index >= 15 is 0 Å². The average molecular weight is 727 g/mol. The average Bonchev–Trinajstić information content (AvgIpc) is 3.25. The fourth-order valence-electron chi connectivity index (χ4n) is 11.0. The Labute approximate surface area is 294 Å². The van der Waals surface area contributed by atoms with Gasteiger partial charge in [0.05, 0.1) is 25.4 Å². The summed E-state index contributed by atoms with van der Waals surface area (Å²) >= 11 is 0. The first kappa shape index (κ1) is 40.0. The van der Waals surface area contributed by atoms with Gasteiger partial charge in [0, 0.05) is 12.5 Å². The first-order valence-electron chi connectivity index (χ1n) is 19.1. The highest BCUT2D eigenvalue weighted by molar-refractivity contribution is 6.71. The first-order valence-corrected chi connectivity index (χ1v) is 32.7. The van der Waals surface area contributed by atoms with Crippen molar-refractivity contribution in [2.75, 3.05) is 7.11 Å². The van der Waals surface area contributed by atoms with Gasteiger partial charge in [-0.05, 0) is 170 Å². The van der Waals surface area contributed by atoms with Crippen LogP contribution in [-0.4, -0.2) is 70.8 Å². The second-order valence-corrected chi connectivity index (χ2v) is 38.4. The summed E-state index contributed by atoms with van der Waals surface area (Å²) in [5, 5.41) is 0. The Bertz CT molecular complexity index is 1090. The van der Waals surface area contributed by atoms with Crippen molar-refractivity contribution in [2.45, 2.75) is 175 Å². The van der Waals surface area contributed by atoms with Crippen LogP contribution in [0.2, 0.25) is 78.6 Å². The molecule has 0 radical (unpaired) electrons. The molecule has 0 amide bonds. The van der Waals surface area contributed by atoms with E-state index in [0.29, 0.717) is 48.0 Å². The molecule has 4 saturated carbocycles. The van der Waals surface area contributed by atoms with Crippen molar-refractivity contribution in [2.24, 2.45) is 46.3 Å². The zero-order valence-corrected chi connectivity index (χ0v) is 37.4. The van der Waals surface area contributed by atoms with Gasteiger partial charge in [-0.3, -0.25) is 4.79 Å². The molecule has 0 spiro atoms. The van der Waals surface area contributed by atoms with Crippen LogP contribution in [0.15, 0.2) is 0 Å². The number of carbonyl (C=O) groups is 1. The fraction of sp³-hybridized carbons (Fsp3) is 0.973. The van der Waals surface area contributed by atoms with Crippen molar-refractivity contribution in [3.05, 3.63) is 0 Å². The van der Waals surface area contributed by atoms with E-state index in [4.69, 9.17) is 22.4 Å². The Kier molecular flexibility index (Phi) is 11.9. The molecule has 0 heterocycles. The van der Waals surface area contributed by atoms with Crippen molar-refractivity contribution in [1.29, 1.82) is 0 Å². The molecule has 0 N–H and O–H groups in total. The SMILES string of the molecule is COC(=O)CCC(C)C1CCC2C3C(O[Si](C)(C)C)[C@H](O[Si](C)(C)C)[C@@H]4C[C@H](O[Si](C)(C)C)CCC4(C)C3C[C@H](O[Si](C)(C)C)C12C. The van der Waals surface area contributed by atoms with E-state index in [-0.39, 0.29) is 35.1 Å². The highest BCUT2D eigenvalue weighted by Crippen LogP contribution is 2.70. The molecule has 12 atom stereocenters. The van der Waals surface area contributed by atoms with E-state index in [0.717, 1.165) is 25.7 Å². The van der Waals surface area contributed by atoms with Crippen LogP contribution in [-0.2, 0) is 27.2 Å². The third kappa shape index (κ3) is 8.98. The molecule has 274 valence electrons. The maximum Gasteiger partial charge on any atom is 0.305 e. The maximum absolute atomic E-state index is 12.3. The lowest BCUT2D eigenvalue weighted by atomic mass is 9.42. The zero-order valence-electron chi connectivity index (χ0n) is 33.4. The van der Waals surface area contributed by atoms with Crippen LogP contribution in [0.1, 0.15) is 72.1 Å². The van der Waals surface area contributed by atoms with Gasteiger partial charge in [0.25, 0.3) is 0 Å². The molecular formula is C37H74O6Si4. The minimum Gasteiger partial charge on any atom is -0.469 e. The Morgan fingerprint density at radius 3 is 1.79 bits per heavy atom. The summed E-state index contributed by atoms with van der Waals surface area (Å²) in [4.78, 5) is 12.3. The van der Waals surface area contributed by atoms with Crippen molar-refractivity contribution in [3.63, 3.8) is 0 Å². The molecule has 0 aromatic heterocycles. The monoisotopic (exact) mass is 726 g/mol. The normalized spacial score (nSPS) is 40.3. The van der Waals surface area contributed by atoms with Gasteiger partial charge in [-0.1, -0.05) is 20.8 Å². The fourth-order valence-corrected chi connectivity index (χ4v) is 15.7. The third-order valence-corrected chi connectivity index (χ3v) is 16.5. The molecule has 6 nitrogen and oxygen atoms in total. The number of rotatable bonds is 12. The Morgan fingerprint density at radius 1 is 0.702 bits per heavy atom. The van der Waals surface area contributed by atoms with Crippen LogP contribution in [0.5, 0.6) is 0 Å². The van der Waals surface area contributed by atoms with Crippen LogP contribution >= 0.6 is 0 Å². The second-order valence-electron chi connectivity index (χ2n) is 20.5. The van der Waals surface area contributed by atoms with Crippen molar-refractivity contribution < 1.29 is 27.2 Å². The summed E-state index contributed by atoms with van der Waals surface area (Å²) < 4.78 is 34.3. The Morgan fingerprint density at radius 2 is 1.26 bits per heavy atom. The number of ether oxygens (including phenoxy) is 1. The van der Waals surface area contributed by atoms with E-state index in [1.54, 1.807) is 0 Å². The lowest BCUT2D eigenvalue weighted by molar-refractivity contribution is -0.232. The summed E-state index contributed by atoms with van der Waals surface area (Å²) in [6, 6.07) is 0. The zero-order chi connectivity index (χ0) is 35.5. The van der Waals surface area contributed by atoms with Gasteiger partial charge in [0.2, 0.25) is 0 Å². The molecule has 4 rings (SSSR count). The number of hydrogen-bond acceptors (Lipinski definition) is 6. The molecule has 47 heavy (non-hydrogen) atoms. The Hall–Kier alpha value is 0.178. The van der Waals surface area contributed by atoms with Crippen molar-refractivity contribution in [3.8, 4) is 0 Å². The lowest BCUT2D eigenvalue weighted by Gasteiger charge is -2.68. The maximum atomic E-state index is 12.3. The van der Waals surface area contributed by atoms with E-state index in [1.165, 1.54) is 26.4 Å². The number of fused-ring (bicyclic) bond motifs is 5. The minimum atomic E-state index is -1.93. The second kappa shape index (κ2) is 14.0. The van der Waals surface area contributed by atoms with Gasteiger partial charge < -0.3 is 22.4 Å². The molecule has 4 fully saturated rings. The van der Waals surface area contributed by atoms with Gasteiger partial charge in [-0.25, -0.2) is 0 Å². The third-order valence-electron chi connectivity index (χ3n) is 12.5. The van der Waals surface area contributed by atoms with Crippen LogP contribution in [0.25, 0.3) is 0 Å². The highest BCUT2D eigenvalue weighted by Gasteiger charge is 2.69. The molecule has 0 aromatic carbocycles. The predicted octanol–water partition coefficient (Wildman–Crippen LogP) is 9.94. The molecule has 10 heteroatoms. The highest BCUT2D eigenvalue weighted by atomic mass is 28.4. The molecule has 0 saturated heterocycles. The standard InChI is InChI=1S/C37H74O6Si4/c1-25(17-20-32(38)39-4)27-18-19-28-33-29(24-31(37(27,28)3)41-45(8,9)10)36(2)22-21-26(40-44(5,6)7)23-30(36)34(42-46(11,12)13)35(33)43-47(14,15)16/h25-31,33-35H,17-24H2,1-16H3/t25?,26-,27?,28?,29?,30+,31+,33?,34-,35?,36?,37?/m1/s1. The molecule has 4 aliphatic carbocycles. The van der Waals surface area contributed by atoms with Crippen molar-refractivity contribution >= 4 is 39.2 Å². The van der Waals surface area contributed by atoms with Gasteiger partial charge >= 0.3 is 5.97 Å². The number of hydrogen-bond donors (Lipinski definition) is 0. The van der Waals surface area contributed by atoms with Crippen molar-refractivity contribution in [1.82, 2.24) is 0 Å². The van der Waals surface area contributed by atoms with Gasteiger partial charge in [-0.2, -0.15) is 0 Å². The van der Waals surface area contributed by atoms with E-state index in [1.807, 2.05) is 0 Å².